The van der Waals surface area contributed by atoms with Gasteiger partial charge in [-0.1, -0.05) is 36.4 Å². The summed E-state index contributed by atoms with van der Waals surface area (Å²) >= 11 is 0. The third-order valence-corrected chi connectivity index (χ3v) is 3.74. The standard InChI is InChI=1S/C16H17FN2/c17-14-7-4-8-15(19-14)18-12-16(9-10-16)11-13-5-2-1-3-6-13/h1-8H,9-12H2,(H,18,19). The number of hydrogen-bond acceptors (Lipinski definition) is 2. The molecule has 0 bridgehead atoms. The van der Waals surface area contributed by atoms with Crippen LogP contribution in [0.3, 0.4) is 0 Å². The molecule has 3 rings (SSSR count). The second-order valence-electron chi connectivity index (χ2n) is 5.36. The third-order valence-electron chi connectivity index (χ3n) is 3.74. The molecule has 1 aliphatic rings. The Hall–Kier alpha value is -1.90. The minimum absolute atomic E-state index is 0.329. The Labute approximate surface area is 112 Å². The van der Waals surface area contributed by atoms with E-state index in [1.807, 2.05) is 12.1 Å². The van der Waals surface area contributed by atoms with E-state index in [2.05, 4.69) is 34.6 Å². The van der Waals surface area contributed by atoms with Crippen LogP contribution in [0.15, 0.2) is 48.5 Å². The van der Waals surface area contributed by atoms with Crippen LogP contribution in [0.1, 0.15) is 18.4 Å². The fourth-order valence-electron chi connectivity index (χ4n) is 2.41. The zero-order valence-electron chi connectivity index (χ0n) is 10.8. The maximum Gasteiger partial charge on any atom is 0.214 e. The van der Waals surface area contributed by atoms with Gasteiger partial charge in [0.2, 0.25) is 5.95 Å². The van der Waals surface area contributed by atoms with Gasteiger partial charge in [0.1, 0.15) is 5.82 Å². The minimum atomic E-state index is -0.432. The van der Waals surface area contributed by atoms with Gasteiger partial charge in [0.15, 0.2) is 0 Å². The van der Waals surface area contributed by atoms with Gasteiger partial charge in [-0.25, -0.2) is 4.98 Å². The SMILES string of the molecule is Fc1cccc(NCC2(Cc3ccccc3)CC2)n1. The summed E-state index contributed by atoms with van der Waals surface area (Å²) in [6.45, 7) is 0.859. The molecule has 0 aliphatic heterocycles. The number of nitrogens with one attached hydrogen (secondary N) is 1. The van der Waals surface area contributed by atoms with Crippen molar-refractivity contribution in [2.45, 2.75) is 19.3 Å². The van der Waals surface area contributed by atoms with Gasteiger partial charge >= 0.3 is 0 Å². The van der Waals surface area contributed by atoms with Crippen molar-refractivity contribution < 1.29 is 4.39 Å². The van der Waals surface area contributed by atoms with Crippen LogP contribution in [0.4, 0.5) is 10.2 Å². The second kappa shape index (κ2) is 5.00. The molecule has 98 valence electrons. The number of rotatable bonds is 5. The lowest BCUT2D eigenvalue weighted by Gasteiger charge is -2.16. The summed E-state index contributed by atoms with van der Waals surface area (Å²) in [5.74, 6) is 0.192. The Morgan fingerprint density at radius 2 is 1.84 bits per heavy atom. The number of nitrogens with zero attached hydrogens (tertiary/aromatic N) is 1. The van der Waals surface area contributed by atoms with E-state index in [0.29, 0.717) is 11.2 Å². The Kier molecular flexibility index (Phi) is 3.20. The van der Waals surface area contributed by atoms with Crippen molar-refractivity contribution in [1.82, 2.24) is 4.98 Å². The molecule has 3 heteroatoms. The van der Waals surface area contributed by atoms with E-state index in [9.17, 15) is 4.39 Å². The third kappa shape index (κ3) is 3.11. The predicted molar refractivity (Wildman–Crippen MR) is 74.5 cm³/mol. The van der Waals surface area contributed by atoms with Crippen molar-refractivity contribution in [3.8, 4) is 0 Å². The fourth-order valence-corrected chi connectivity index (χ4v) is 2.41. The molecule has 19 heavy (non-hydrogen) atoms. The second-order valence-corrected chi connectivity index (χ2v) is 5.36. The quantitative estimate of drug-likeness (QED) is 0.826. The predicted octanol–water partition coefficient (Wildman–Crippen LogP) is 3.66. The summed E-state index contributed by atoms with van der Waals surface area (Å²) in [6, 6.07) is 15.4. The lowest BCUT2D eigenvalue weighted by molar-refractivity contribution is 0.535. The molecule has 0 amide bonds. The first-order valence-corrected chi connectivity index (χ1v) is 6.66. The zero-order valence-corrected chi connectivity index (χ0v) is 10.8. The molecule has 0 unspecified atom stereocenters. The van der Waals surface area contributed by atoms with Crippen molar-refractivity contribution in [3.05, 3.63) is 60.0 Å². The Morgan fingerprint density at radius 3 is 2.53 bits per heavy atom. The number of benzene rings is 1. The van der Waals surface area contributed by atoms with Crippen LogP contribution in [0.5, 0.6) is 0 Å². The first kappa shape index (κ1) is 12.2. The highest BCUT2D eigenvalue weighted by molar-refractivity contribution is 5.34. The van der Waals surface area contributed by atoms with Crippen LogP contribution in [0.25, 0.3) is 0 Å². The summed E-state index contributed by atoms with van der Waals surface area (Å²) in [4.78, 5) is 3.83. The summed E-state index contributed by atoms with van der Waals surface area (Å²) in [5, 5.41) is 3.26. The van der Waals surface area contributed by atoms with E-state index in [0.717, 1.165) is 13.0 Å². The smallest absolute Gasteiger partial charge is 0.214 e. The van der Waals surface area contributed by atoms with Crippen molar-refractivity contribution in [1.29, 1.82) is 0 Å². The summed E-state index contributed by atoms with van der Waals surface area (Å²) in [5.41, 5.74) is 1.70. The maximum absolute atomic E-state index is 13.0. The van der Waals surface area contributed by atoms with E-state index < -0.39 is 5.95 Å². The fraction of sp³-hybridized carbons (Fsp3) is 0.312. The average Bonchev–Trinajstić information content (AvgIpc) is 3.18. The first-order chi connectivity index (χ1) is 9.26. The molecule has 1 aromatic carbocycles. The zero-order chi connectivity index (χ0) is 13.1. The molecule has 0 saturated heterocycles. The van der Waals surface area contributed by atoms with E-state index in [1.165, 1.54) is 24.5 Å². The Bertz CT molecular complexity index is 550. The van der Waals surface area contributed by atoms with Gasteiger partial charge in [-0.05, 0) is 42.4 Å². The highest BCUT2D eigenvalue weighted by atomic mass is 19.1. The molecule has 0 radical (unpaired) electrons. The van der Waals surface area contributed by atoms with Gasteiger partial charge < -0.3 is 5.32 Å². The van der Waals surface area contributed by atoms with Crippen LogP contribution in [0.2, 0.25) is 0 Å². The average molecular weight is 256 g/mol. The Morgan fingerprint density at radius 1 is 1.05 bits per heavy atom. The number of halogens is 1. The van der Waals surface area contributed by atoms with Gasteiger partial charge in [-0.15, -0.1) is 0 Å². The molecule has 2 aromatic rings. The van der Waals surface area contributed by atoms with E-state index in [4.69, 9.17) is 0 Å². The van der Waals surface area contributed by atoms with E-state index >= 15 is 0 Å². The molecule has 0 atom stereocenters. The molecule has 0 spiro atoms. The molecular formula is C16H17FN2. The molecule has 1 heterocycles. The van der Waals surface area contributed by atoms with E-state index in [1.54, 1.807) is 6.07 Å². The Balaban J connectivity index is 1.60. The number of aromatic nitrogens is 1. The minimum Gasteiger partial charge on any atom is -0.369 e. The highest BCUT2D eigenvalue weighted by Gasteiger charge is 2.42. The van der Waals surface area contributed by atoms with Crippen LogP contribution >= 0.6 is 0 Å². The van der Waals surface area contributed by atoms with Crippen molar-refractivity contribution in [2.75, 3.05) is 11.9 Å². The normalized spacial score (nSPS) is 16.1. The summed E-state index contributed by atoms with van der Waals surface area (Å²) in [6.07, 6.45) is 3.53. The lowest BCUT2D eigenvalue weighted by Crippen LogP contribution is -2.18. The number of pyridine rings is 1. The van der Waals surface area contributed by atoms with Crippen LogP contribution < -0.4 is 5.32 Å². The van der Waals surface area contributed by atoms with Crippen molar-refractivity contribution >= 4 is 5.82 Å². The number of hydrogen-bond donors (Lipinski definition) is 1. The summed E-state index contributed by atoms with van der Waals surface area (Å²) < 4.78 is 13.0. The molecule has 1 aromatic heterocycles. The molecule has 1 N–H and O–H groups in total. The van der Waals surface area contributed by atoms with Gasteiger partial charge in [-0.2, -0.15) is 4.39 Å². The van der Waals surface area contributed by atoms with Crippen LogP contribution in [0, 0.1) is 11.4 Å². The molecule has 1 aliphatic carbocycles. The molecular weight excluding hydrogens is 239 g/mol. The summed E-state index contributed by atoms with van der Waals surface area (Å²) in [7, 11) is 0. The number of anilines is 1. The van der Waals surface area contributed by atoms with E-state index in [-0.39, 0.29) is 0 Å². The monoisotopic (exact) mass is 256 g/mol. The highest BCUT2D eigenvalue weighted by Crippen LogP contribution is 2.48. The van der Waals surface area contributed by atoms with Crippen LogP contribution in [-0.4, -0.2) is 11.5 Å². The first-order valence-electron chi connectivity index (χ1n) is 6.66. The largest absolute Gasteiger partial charge is 0.369 e. The topological polar surface area (TPSA) is 24.9 Å². The lowest BCUT2D eigenvalue weighted by atomic mass is 9.96. The van der Waals surface area contributed by atoms with Gasteiger partial charge in [0, 0.05) is 6.54 Å². The molecule has 1 fully saturated rings. The van der Waals surface area contributed by atoms with Crippen molar-refractivity contribution in [3.63, 3.8) is 0 Å². The molecule has 2 nitrogen and oxygen atoms in total. The maximum atomic E-state index is 13.0. The molecule has 1 saturated carbocycles. The van der Waals surface area contributed by atoms with Gasteiger partial charge in [-0.3, -0.25) is 0 Å². The van der Waals surface area contributed by atoms with Gasteiger partial charge in [0.25, 0.3) is 0 Å². The van der Waals surface area contributed by atoms with Crippen LogP contribution in [-0.2, 0) is 6.42 Å². The van der Waals surface area contributed by atoms with Crippen molar-refractivity contribution in [2.24, 2.45) is 5.41 Å². The van der Waals surface area contributed by atoms with Gasteiger partial charge in [0.05, 0.1) is 0 Å².